The fourth-order valence-corrected chi connectivity index (χ4v) is 1.84. The largest absolute Gasteiger partial charge is 0.480 e. The topological polar surface area (TPSA) is 37.3 Å². The molecular weight excluding hydrogens is 212 g/mol. The molecule has 1 N–H and O–H groups in total. The highest BCUT2D eigenvalue weighted by molar-refractivity contribution is 5.88. The van der Waals surface area contributed by atoms with E-state index in [-0.39, 0.29) is 0 Å². The second-order valence-corrected chi connectivity index (χ2v) is 4.27. The van der Waals surface area contributed by atoms with Gasteiger partial charge in [0.05, 0.1) is 0 Å². The molecule has 0 radical (unpaired) electrons. The zero-order valence-electron chi connectivity index (χ0n) is 9.68. The van der Waals surface area contributed by atoms with E-state index in [1.54, 1.807) is 6.92 Å². The van der Waals surface area contributed by atoms with Crippen molar-refractivity contribution in [2.45, 2.75) is 12.3 Å². The highest BCUT2D eigenvalue weighted by atomic mass is 16.4. The molecule has 0 unspecified atom stereocenters. The smallest absolute Gasteiger partial charge is 0.317 e. The molecule has 0 aromatic heterocycles. The second-order valence-electron chi connectivity index (χ2n) is 4.27. The lowest BCUT2D eigenvalue weighted by molar-refractivity contribution is -0.141. The van der Waals surface area contributed by atoms with Gasteiger partial charge in [-0.2, -0.15) is 0 Å². The second kappa shape index (κ2) is 4.06. The Morgan fingerprint density at radius 1 is 1.24 bits per heavy atom. The number of carboxylic acids is 1. The van der Waals surface area contributed by atoms with Crippen molar-refractivity contribution in [2.24, 2.45) is 0 Å². The van der Waals surface area contributed by atoms with Gasteiger partial charge in [-0.3, -0.25) is 4.79 Å². The van der Waals surface area contributed by atoms with Gasteiger partial charge in [0, 0.05) is 0 Å². The van der Waals surface area contributed by atoms with E-state index in [0.29, 0.717) is 0 Å². The van der Waals surface area contributed by atoms with Crippen molar-refractivity contribution >= 4 is 16.7 Å². The molecule has 2 rings (SSSR count). The average molecular weight is 226 g/mol. The van der Waals surface area contributed by atoms with E-state index in [0.717, 1.165) is 16.3 Å². The van der Waals surface area contributed by atoms with Crippen molar-refractivity contribution in [1.82, 2.24) is 0 Å². The summed E-state index contributed by atoms with van der Waals surface area (Å²) < 4.78 is 0. The Morgan fingerprint density at radius 3 is 2.47 bits per heavy atom. The van der Waals surface area contributed by atoms with Crippen LogP contribution in [0.1, 0.15) is 12.5 Å². The third-order valence-electron chi connectivity index (χ3n) is 3.20. The molecule has 2 heteroatoms. The maximum Gasteiger partial charge on any atom is 0.317 e. The number of carbonyl (C=O) groups is 1. The summed E-state index contributed by atoms with van der Waals surface area (Å²) in [6.45, 7) is 5.29. The van der Waals surface area contributed by atoms with Crippen LogP contribution in [0.15, 0.2) is 55.1 Å². The SMILES string of the molecule is C=C[C@](C)(C(=O)O)c1ccc2ccccc2c1. The molecule has 0 saturated carbocycles. The van der Waals surface area contributed by atoms with E-state index in [9.17, 15) is 9.90 Å². The summed E-state index contributed by atoms with van der Waals surface area (Å²) in [5, 5.41) is 11.4. The number of fused-ring (bicyclic) bond motifs is 1. The molecule has 0 aliphatic heterocycles. The van der Waals surface area contributed by atoms with E-state index >= 15 is 0 Å². The number of aliphatic carboxylic acids is 1. The Kier molecular flexibility index (Phi) is 2.72. The molecule has 0 saturated heterocycles. The molecular formula is C15H14O2. The first-order valence-electron chi connectivity index (χ1n) is 5.44. The maximum atomic E-state index is 11.3. The van der Waals surface area contributed by atoms with Gasteiger partial charge in [0.15, 0.2) is 0 Å². The molecule has 86 valence electrons. The quantitative estimate of drug-likeness (QED) is 0.815. The third kappa shape index (κ3) is 1.82. The predicted octanol–water partition coefficient (Wildman–Crippen LogP) is 3.37. The van der Waals surface area contributed by atoms with Crippen molar-refractivity contribution in [3.8, 4) is 0 Å². The minimum absolute atomic E-state index is 0.749. The zero-order chi connectivity index (χ0) is 12.5. The van der Waals surface area contributed by atoms with Crippen molar-refractivity contribution in [2.75, 3.05) is 0 Å². The zero-order valence-corrected chi connectivity index (χ0v) is 9.68. The Labute approximate surface area is 100 Å². The molecule has 0 spiro atoms. The fourth-order valence-electron chi connectivity index (χ4n) is 1.84. The number of rotatable bonds is 3. The standard InChI is InChI=1S/C15H14O2/c1-3-15(2,14(16)17)13-9-8-11-6-4-5-7-12(11)10-13/h3-10H,1H2,2H3,(H,16,17)/t15-/m0/s1. The molecule has 2 nitrogen and oxygen atoms in total. The minimum atomic E-state index is -1.04. The van der Waals surface area contributed by atoms with Crippen molar-refractivity contribution in [3.63, 3.8) is 0 Å². The van der Waals surface area contributed by atoms with Gasteiger partial charge in [0.2, 0.25) is 0 Å². The Bertz CT molecular complexity index is 586. The first kappa shape index (κ1) is 11.4. The molecule has 1 atom stereocenters. The van der Waals surface area contributed by atoms with Gasteiger partial charge in [-0.15, -0.1) is 6.58 Å². The van der Waals surface area contributed by atoms with Gasteiger partial charge in [0.25, 0.3) is 0 Å². The Morgan fingerprint density at radius 2 is 1.88 bits per heavy atom. The molecule has 0 fully saturated rings. The van der Waals surface area contributed by atoms with E-state index in [4.69, 9.17) is 0 Å². The van der Waals surface area contributed by atoms with Gasteiger partial charge in [0.1, 0.15) is 5.41 Å². The first-order chi connectivity index (χ1) is 8.08. The van der Waals surface area contributed by atoms with Crippen LogP contribution in [-0.2, 0) is 10.2 Å². The third-order valence-corrected chi connectivity index (χ3v) is 3.20. The van der Waals surface area contributed by atoms with E-state index in [1.165, 1.54) is 6.08 Å². The normalized spacial score (nSPS) is 14.2. The van der Waals surface area contributed by atoms with Gasteiger partial charge in [-0.05, 0) is 29.3 Å². The molecule has 0 aliphatic carbocycles. The number of hydrogen-bond donors (Lipinski definition) is 1. The Balaban J connectivity index is 2.63. The predicted molar refractivity (Wildman–Crippen MR) is 69.1 cm³/mol. The first-order valence-corrected chi connectivity index (χ1v) is 5.44. The summed E-state index contributed by atoms with van der Waals surface area (Å²) in [5.41, 5.74) is -0.289. The molecule has 0 heterocycles. The number of carboxylic acid groups (broad SMARTS) is 1. The molecule has 0 aliphatic rings. The van der Waals surface area contributed by atoms with Crippen LogP contribution in [0, 0.1) is 0 Å². The monoisotopic (exact) mass is 226 g/mol. The Hall–Kier alpha value is -2.09. The van der Waals surface area contributed by atoms with Gasteiger partial charge < -0.3 is 5.11 Å². The highest BCUT2D eigenvalue weighted by Gasteiger charge is 2.31. The summed E-state index contributed by atoms with van der Waals surface area (Å²) >= 11 is 0. The van der Waals surface area contributed by atoms with Crippen LogP contribution in [0.3, 0.4) is 0 Å². The fraction of sp³-hybridized carbons (Fsp3) is 0.133. The van der Waals surface area contributed by atoms with Gasteiger partial charge >= 0.3 is 5.97 Å². The minimum Gasteiger partial charge on any atom is -0.480 e. The summed E-state index contributed by atoms with van der Waals surface area (Å²) in [5.74, 6) is -0.886. The van der Waals surface area contributed by atoms with E-state index in [1.807, 2.05) is 42.5 Å². The maximum absolute atomic E-state index is 11.3. The molecule has 0 bridgehead atoms. The van der Waals surface area contributed by atoms with Gasteiger partial charge in [-0.25, -0.2) is 0 Å². The average Bonchev–Trinajstić information content (AvgIpc) is 2.37. The van der Waals surface area contributed by atoms with Crippen LogP contribution in [0.5, 0.6) is 0 Å². The van der Waals surface area contributed by atoms with Crippen LogP contribution in [0.4, 0.5) is 0 Å². The lowest BCUT2D eigenvalue weighted by Gasteiger charge is -2.21. The van der Waals surface area contributed by atoms with Gasteiger partial charge in [-0.1, -0.05) is 42.5 Å². The lowest BCUT2D eigenvalue weighted by atomic mass is 9.82. The molecule has 0 amide bonds. The number of benzene rings is 2. The van der Waals surface area contributed by atoms with E-state index < -0.39 is 11.4 Å². The lowest BCUT2D eigenvalue weighted by Crippen LogP contribution is -2.29. The summed E-state index contributed by atoms with van der Waals surface area (Å²) in [7, 11) is 0. The van der Waals surface area contributed by atoms with Crippen molar-refractivity contribution < 1.29 is 9.90 Å². The van der Waals surface area contributed by atoms with Crippen LogP contribution in [0.2, 0.25) is 0 Å². The summed E-state index contributed by atoms with van der Waals surface area (Å²) in [6.07, 6.45) is 1.47. The molecule has 17 heavy (non-hydrogen) atoms. The number of hydrogen-bond acceptors (Lipinski definition) is 1. The summed E-state index contributed by atoms with van der Waals surface area (Å²) in [6, 6.07) is 13.6. The van der Waals surface area contributed by atoms with Crippen LogP contribution < -0.4 is 0 Å². The molecule has 2 aromatic carbocycles. The molecule has 2 aromatic rings. The van der Waals surface area contributed by atoms with Crippen LogP contribution in [0.25, 0.3) is 10.8 Å². The summed E-state index contributed by atoms with van der Waals surface area (Å²) in [4.78, 5) is 11.3. The van der Waals surface area contributed by atoms with Crippen molar-refractivity contribution in [3.05, 3.63) is 60.7 Å². The van der Waals surface area contributed by atoms with Crippen LogP contribution >= 0.6 is 0 Å². The van der Waals surface area contributed by atoms with Crippen molar-refractivity contribution in [1.29, 1.82) is 0 Å². The van der Waals surface area contributed by atoms with E-state index in [2.05, 4.69) is 6.58 Å². The highest BCUT2D eigenvalue weighted by Crippen LogP contribution is 2.28. The van der Waals surface area contributed by atoms with Crippen LogP contribution in [-0.4, -0.2) is 11.1 Å².